The van der Waals surface area contributed by atoms with Crippen molar-refractivity contribution in [1.29, 1.82) is 5.26 Å². The Balaban J connectivity index is 2.33. The van der Waals surface area contributed by atoms with Gasteiger partial charge in [-0.2, -0.15) is 5.26 Å². The molecule has 0 radical (unpaired) electrons. The molecule has 0 aliphatic carbocycles. The molecule has 0 heterocycles. The molecule has 0 unspecified atom stereocenters. The average molecular weight is 434 g/mol. The van der Waals surface area contributed by atoms with Gasteiger partial charge in [-0.15, -0.1) is 11.8 Å². The Bertz CT molecular complexity index is 962. The lowest BCUT2D eigenvalue weighted by molar-refractivity contribution is -0.142. The number of aryl methyl sites for hydroxylation is 1. The highest BCUT2D eigenvalue weighted by Gasteiger charge is 2.14. The summed E-state index contributed by atoms with van der Waals surface area (Å²) in [6.07, 6.45) is 1.31. The third kappa shape index (κ3) is 6.04. The zero-order valence-corrected chi connectivity index (χ0v) is 18.5. The van der Waals surface area contributed by atoms with Crippen molar-refractivity contribution >= 4 is 47.0 Å². The standard InChI is InChI=1S/C22H21Cl2NO2S/c1-13(2)27-22(26)17(11-25)9-16-7-14(3)8-18(15(16)4)12-28-21-10-19(23)5-6-20(21)24/h5-10,13H,12H2,1-4H3. The van der Waals surface area contributed by atoms with Crippen molar-refractivity contribution < 1.29 is 9.53 Å². The first-order valence-corrected chi connectivity index (χ1v) is 10.5. The van der Waals surface area contributed by atoms with Gasteiger partial charge in [-0.05, 0) is 68.7 Å². The molecule has 146 valence electrons. The third-order valence-electron chi connectivity index (χ3n) is 3.96. The highest BCUT2D eigenvalue weighted by molar-refractivity contribution is 7.98. The molecule has 0 spiro atoms. The molecule has 0 fully saturated rings. The summed E-state index contributed by atoms with van der Waals surface area (Å²) < 4.78 is 5.14. The van der Waals surface area contributed by atoms with Gasteiger partial charge in [-0.25, -0.2) is 4.79 Å². The number of esters is 1. The number of halogens is 2. The van der Waals surface area contributed by atoms with Crippen LogP contribution in [0.2, 0.25) is 10.0 Å². The monoisotopic (exact) mass is 433 g/mol. The normalized spacial score (nSPS) is 11.4. The number of hydrogen-bond acceptors (Lipinski definition) is 4. The van der Waals surface area contributed by atoms with E-state index in [1.165, 1.54) is 0 Å². The van der Waals surface area contributed by atoms with E-state index in [0.717, 1.165) is 27.1 Å². The number of hydrogen-bond donors (Lipinski definition) is 0. The number of ether oxygens (including phenoxy) is 1. The zero-order chi connectivity index (χ0) is 20.8. The molecule has 0 saturated carbocycles. The minimum atomic E-state index is -0.611. The van der Waals surface area contributed by atoms with Crippen LogP contribution in [0, 0.1) is 25.2 Å². The van der Waals surface area contributed by atoms with Crippen LogP contribution < -0.4 is 0 Å². The van der Waals surface area contributed by atoms with Gasteiger partial charge in [-0.3, -0.25) is 0 Å². The maximum atomic E-state index is 12.1. The summed E-state index contributed by atoms with van der Waals surface area (Å²) in [5, 5.41) is 10.7. The topological polar surface area (TPSA) is 50.1 Å². The maximum Gasteiger partial charge on any atom is 0.349 e. The van der Waals surface area contributed by atoms with Crippen molar-refractivity contribution in [3.63, 3.8) is 0 Å². The molecule has 0 saturated heterocycles. The highest BCUT2D eigenvalue weighted by Crippen LogP contribution is 2.33. The fourth-order valence-corrected chi connectivity index (χ4v) is 4.12. The van der Waals surface area contributed by atoms with Gasteiger partial charge >= 0.3 is 5.97 Å². The minimum absolute atomic E-state index is 0.0149. The number of nitrogens with zero attached hydrogens (tertiary/aromatic N) is 1. The molecular formula is C22H21Cl2NO2S. The van der Waals surface area contributed by atoms with E-state index in [0.29, 0.717) is 15.8 Å². The number of carbonyl (C=O) groups excluding carboxylic acids is 1. The van der Waals surface area contributed by atoms with E-state index in [4.69, 9.17) is 27.9 Å². The first-order chi connectivity index (χ1) is 13.2. The number of rotatable bonds is 6. The second kappa shape index (κ2) is 10.0. The number of benzene rings is 2. The van der Waals surface area contributed by atoms with Crippen molar-refractivity contribution in [3.05, 3.63) is 68.2 Å². The van der Waals surface area contributed by atoms with Crippen LogP contribution in [-0.2, 0) is 15.3 Å². The lowest BCUT2D eigenvalue weighted by Crippen LogP contribution is -2.12. The molecule has 0 bridgehead atoms. The van der Waals surface area contributed by atoms with E-state index in [2.05, 4.69) is 6.07 Å². The predicted molar refractivity (Wildman–Crippen MR) is 117 cm³/mol. The van der Waals surface area contributed by atoms with Gasteiger partial charge in [0.05, 0.1) is 11.1 Å². The fraction of sp³-hybridized carbons (Fsp3) is 0.273. The minimum Gasteiger partial charge on any atom is -0.459 e. The van der Waals surface area contributed by atoms with Gasteiger partial charge in [0.25, 0.3) is 0 Å². The molecule has 2 aromatic rings. The number of nitriles is 1. The number of carbonyl (C=O) groups is 1. The van der Waals surface area contributed by atoms with E-state index in [9.17, 15) is 10.1 Å². The fourth-order valence-electron chi connectivity index (χ4n) is 2.58. The van der Waals surface area contributed by atoms with Crippen LogP contribution in [0.3, 0.4) is 0 Å². The lowest BCUT2D eigenvalue weighted by Gasteiger charge is -2.12. The van der Waals surface area contributed by atoms with Crippen molar-refractivity contribution in [2.24, 2.45) is 0 Å². The smallest absolute Gasteiger partial charge is 0.349 e. The Morgan fingerprint density at radius 1 is 1.25 bits per heavy atom. The van der Waals surface area contributed by atoms with Crippen LogP contribution >= 0.6 is 35.0 Å². The predicted octanol–water partition coefficient (Wildman–Crippen LogP) is 6.76. The molecule has 2 rings (SSSR count). The summed E-state index contributed by atoms with van der Waals surface area (Å²) in [4.78, 5) is 13.0. The van der Waals surface area contributed by atoms with Crippen LogP contribution in [0.25, 0.3) is 6.08 Å². The SMILES string of the molecule is Cc1cc(C=C(C#N)C(=O)OC(C)C)c(C)c(CSc2cc(Cl)ccc2Cl)c1. The van der Waals surface area contributed by atoms with Crippen molar-refractivity contribution in [2.75, 3.05) is 0 Å². The van der Waals surface area contributed by atoms with E-state index in [1.807, 2.05) is 32.0 Å². The van der Waals surface area contributed by atoms with Crippen molar-refractivity contribution in [1.82, 2.24) is 0 Å². The summed E-state index contributed by atoms with van der Waals surface area (Å²) in [6.45, 7) is 7.46. The molecule has 0 aliphatic heterocycles. The second-order valence-corrected chi connectivity index (χ2v) is 8.49. The quantitative estimate of drug-likeness (QED) is 0.218. The molecule has 0 amide bonds. The first kappa shape index (κ1) is 22.4. The Morgan fingerprint density at radius 3 is 2.61 bits per heavy atom. The van der Waals surface area contributed by atoms with Crippen LogP contribution in [-0.4, -0.2) is 12.1 Å². The Kier molecular flexibility index (Phi) is 8.00. The Hall–Kier alpha value is -1.93. The van der Waals surface area contributed by atoms with Crippen LogP contribution in [0.1, 0.15) is 36.1 Å². The summed E-state index contributed by atoms with van der Waals surface area (Å²) in [6, 6.07) is 11.4. The Morgan fingerprint density at radius 2 is 1.96 bits per heavy atom. The average Bonchev–Trinajstić information content (AvgIpc) is 2.62. The van der Waals surface area contributed by atoms with E-state index < -0.39 is 5.97 Å². The van der Waals surface area contributed by atoms with Crippen molar-refractivity contribution in [2.45, 2.75) is 44.4 Å². The van der Waals surface area contributed by atoms with Crippen LogP contribution in [0.15, 0.2) is 40.8 Å². The van der Waals surface area contributed by atoms with Crippen molar-refractivity contribution in [3.8, 4) is 6.07 Å². The molecule has 0 aromatic heterocycles. The van der Waals surface area contributed by atoms with Crippen LogP contribution in [0.4, 0.5) is 0 Å². The molecule has 6 heteroatoms. The third-order valence-corrected chi connectivity index (χ3v) is 5.74. The molecule has 28 heavy (non-hydrogen) atoms. The molecule has 0 atom stereocenters. The molecule has 0 aliphatic rings. The molecule has 3 nitrogen and oxygen atoms in total. The first-order valence-electron chi connectivity index (χ1n) is 8.72. The lowest BCUT2D eigenvalue weighted by atomic mass is 9.98. The highest BCUT2D eigenvalue weighted by atomic mass is 35.5. The van der Waals surface area contributed by atoms with E-state index >= 15 is 0 Å². The van der Waals surface area contributed by atoms with E-state index in [1.54, 1.807) is 43.8 Å². The second-order valence-electron chi connectivity index (χ2n) is 6.63. The van der Waals surface area contributed by atoms with E-state index in [-0.39, 0.29) is 11.7 Å². The Labute approximate surface area is 180 Å². The summed E-state index contributed by atoms with van der Waals surface area (Å²) in [7, 11) is 0. The number of thioether (sulfide) groups is 1. The maximum absolute atomic E-state index is 12.1. The van der Waals surface area contributed by atoms with Gasteiger partial charge < -0.3 is 4.74 Å². The summed E-state index contributed by atoms with van der Waals surface area (Å²) in [5.74, 6) is 0.0762. The molecular weight excluding hydrogens is 413 g/mol. The van der Waals surface area contributed by atoms with Gasteiger partial charge in [-0.1, -0.05) is 40.9 Å². The van der Waals surface area contributed by atoms with Gasteiger partial charge in [0, 0.05) is 15.7 Å². The summed E-state index contributed by atoms with van der Waals surface area (Å²) in [5.41, 5.74) is 3.95. The summed E-state index contributed by atoms with van der Waals surface area (Å²) >= 11 is 13.9. The van der Waals surface area contributed by atoms with Gasteiger partial charge in [0.2, 0.25) is 0 Å². The van der Waals surface area contributed by atoms with Gasteiger partial charge in [0.1, 0.15) is 11.6 Å². The van der Waals surface area contributed by atoms with Crippen LogP contribution in [0.5, 0.6) is 0 Å². The molecule has 2 aromatic carbocycles. The van der Waals surface area contributed by atoms with Gasteiger partial charge in [0.15, 0.2) is 0 Å². The largest absolute Gasteiger partial charge is 0.459 e. The molecule has 0 N–H and O–H groups in total. The zero-order valence-electron chi connectivity index (χ0n) is 16.2.